The first-order valence-electron chi connectivity index (χ1n) is 17.4. The van der Waals surface area contributed by atoms with Crippen LogP contribution in [-0.2, 0) is 24.3 Å². The van der Waals surface area contributed by atoms with Crippen LogP contribution in [0.3, 0.4) is 0 Å². The zero-order valence-electron chi connectivity index (χ0n) is 31.4. The van der Waals surface area contributed by atoms with Gasteiger partial charge in [0.25, 0.3) is 11.5 Å². The fourth-order valence-electron chi connectivity index (χ4n) is 6.42. The molecule has 7 rings (SSSR count). The van der Waals surface area contributed by atoms with Gasteiger partial charge in [-0.15, -0.1) is 0 Å². The monoisotopic (exact) mass is 788 g/mol. The summed E-state index contributed by atoms with van der Waals surface area (Å²) in [5, 5.41) is 4.06. The molecule has 2 aliphatic rings. The summed E-state index contributed by atoms with van der Waals surface area (Å²) in [7, 11) is 7.86. The zero-order chi connectivity index (χ0) is 39.4. The normalized spacial score (nSPS) is 16.4. The summed E-state index contributed by atoms with van der Waals surface area (Å²) in [6, 6.07) is 15.5. The van der Waals surface area contributed by atoms with Crippen LogP contribution in [0, 0.1) is 11.6 Å². The van der Waals surface area contributed by atoms with Crippen LogP contribution in [-0.4, -0.2) is 127 Å². The largest absolute Gasteiger partial charge is 0.303 e. The van der Waals surface area contributed by atoms with Crippen molar-refractivity contribution in [1.29, 1.82) is 0 Å². The van der Waals surface area contributed by atoms with Gasteiger partial charge in [0.15, 0.2) is 10.3 Å². The number of thioether (sulfide) groups is 2. The third-order valence-corrected chi connectivity index (χ3v) is 10.7. The number of carbonyl (C=O) groups is 2. The number of hydrazine groups is 1. The Morgan fingerprint density at radius 1 is 0.727 bits per heavy atom. The molecule has 0 spiro atoms. The van der Waals surface area contributed by atoms with E-state index in [1.807, 2.05) is 56.4 Å². The van der Waals surface area contributed by atoms with Gasteiger partial charge in [-0.05, 0) is 88.2 Å². The molecular formula is C38H42F2N10O3S2. The molecule has 5 heterocycles. The second kappa shape index (κ2) is 17.2. The smallest absolute Gasteiger partial charge is 0.291 e. The van der Waals surface area contributed by atoms with E-state index in [0.29, 0.717) is 58.9 Å². The highest BCUT2D eigenvalue weighted by atomic mass is 32.2. The summed E-state index contributed by atoms with van der Waals surface area (Å²) in [5.74, 6) is -1.24. The summed E-state index contributed by atoms with van der Waals surface area (Å²) in [6.07, 6.45) is 7.08. The van der Waals surface area contributed by atoms with Crippen LogP contribution < -0.4 is 5.56 Å². The maximum absolute atomic E-state index is 13.4. The summed E-state index contributed by atoms with van der Waals surface area (Å²) in [5.41, 5.74) is 3.56. The molecule has 5 aromatic rings. The van der Waals surface area contributed by atoms with Crippen molar-refractivity contribution in [2.45, 2.75) is 41.9 Å². The van der Waals surface area contributed by atoms with Crippen molar-refractivity contribution in [3.63, 3.8) is 0 Å². The van der Waals surface area contributed by atoms with Gasteiger partial charge in [-0.1, -0.05) is 47.8 Å². The van der Waals surface area contributed by atoms with E-state index >= 15 is 0 Å². The Hall–Kier alpha value is -4.97. The van der Waals surface area contributed by atoms with Crippen LogP contribution in [0.4, 0.5) is 8.78 Å². The predicted octanol–water partition coefficient (Wildman–Crippen LogP) is 4.29. The van der Waals surface area contributed by atoms with E-state index in [1.54, 1.807) is 41.2 Å². The molecule has 3 aromatic heterocycles. The number of hydrogen-bond acceptors (Lipinski definition) is 11. The number of carbonyl (C=O) groups excluding carboxylic acids is 2. The second-order valence-corrected chi connectivity index (χ2v) is 15.0. The Morgan fingerprint density at radius 2 is 1.27 bits per heavy atom. The predicted molar refractivity (Wildman–Crippen MR) is 209 cm³/mol. The lowest BCUT2D eigenvalue weighted by atomic mass is 10.0. The Bertz CT molecular complexity index is 2210. The minimum Gasteiger partial charge on any atom is -0.303 e. The Morgan fingerprint density at radius 3 is 1.89 bits per heavy atom. The number of fused-ring (bicyclic) bond motifs is 1. The third-order valence-electron chi connectivity index (χ3n) is 9.54. The lowest BCUT2D eigenvalue weighted by Gasteiger charge is -2.27. The average Bonchev–Trinajstić information content (AvgIpc) is 3.90. The van der Waals surface area contributed by atoms with Gasteiger partial charge in [0, 0.05) is 24.5 Å². The molecule has 0 radical (unpaired) electrons. The van der Waals surface area contributed by atoms with Gasteiger partial charge >= 0.3 is 0 Å². The van der Waals surface area contributed by atoms with Gasteiger partial charge in [-0.25, -0.2) is 43.4 Å². The molecular weight excluding hydrogens is 747 g/mol. The molecule has 55 heavy (non-hydrogen) atoms. The van der Waals surface area contributed by atoms with Crippen molar-refractivity contribution in [1.82, 2.24) is 49.1 Å². The number of halogens is 2. The molecule has 2 aromatic carbocycles. The van der Waals surface area contributed by atoms with Crippen molar-refractivity contribution in [2.24, 2.45) is 0 Å². The Labute approximate surface area is 326 Å². The summed E-state index contributed by atoms with van der Waals surface area (Å²) >= 11 is 2.80. The first kappa shape index (κ1) is 39.7. The first-order valence-corrected chi connectivity index (χ1v) is 19.9. The molecule has 13 nitrogen and oxygen atoms in total. The number of aromatic nitrogens is 6. The van der Waals surface area contributed by atoms with Crippen LogP contribution in [0.25, 0.3) is 22.5 Å². The summed E-state index contributed by atoms with van der Waals surface area (Å²) in [4.78, 5) is 60.5. The van der Waals surface area contributed by atoms with Crippen LogP contribution in [0.5, 0.6) is 0 Å². The average molecular weight is 789 g/mol. The zero-order valence-corrected chi connectivity index (χ0v) is 33.0. The molecule has 1 saturated heterocycles. The highest BCUT2D eigenvalue weighted by Crippen LogP contribution is 2.32. The van der Waals surface area contributed by atoms with E-state index < -0.39 is 0 Å². The van der Waals surface area contributed by atoms with Crippen molar-refractivity contribution in [2.75, 3.05) is 53.8 Å². The third kappa shape index (κ3) is 8.80. The number of nitrogens with zero attached hydrogens (tertiary/aromatic N) is 10. The molecule has 2 unspecified atom stereocenters. The number of likely N-dealkylation sites (N-methyl/N-ethyl adjacent to an activating group) is 2. The number of benzene rings is 2. The second-order valence-electron chi connectivity index (χ2n) is 13.5. The Balaban J connectivity index is 0.000000187. The van der Waals surface area contributed by atoms with Gasteiger partial charge in [-0.3, -0.25) is 19.1 Å². The van der Waals surface area contributed by atoms with Crippen LogP contribution in [0.15, 0.2) is 88.2 Å². The van der Waals surface area contributed by atoms with E-state index in [1.165, 1.54) is 64.0 Å². The van der Waals surface area contributed by atoms with Gasteiger partial charge < -0.3 is 9.80 Å². The van der Waals surface area contributed by atoms with E-state index in [4.69, 9.17) is 0 Å². The molecule has 2 atom stereocenters. The first-order chi connectivity index (χ1) is 26.4. The molecule has 2 amide bonds. The van der Waals surface area contributed by atoms with Crippen LogP contribution >= 0.6 is 23.5 Å². The number of hydrogen-bond donors (Lipinski definition) is 0. The van der Waals surface area contributed by atoms with Crippen molar-refractivity contribution in [3.05, 3.63) is 106 Å². The van der Waals surface area contributed by atoms with Crippen molar-refractivity contribution in [3.8, 4) is 22.5 Å². The highest BCUT2D eigenvalue weighted by molar-refractivity contribution is 7.98. The molecule has 0 aliphatic carbocycles. The highest BCUT2D eigenvalue weighted by Gasteiger charge is 2.38. The van der Waals surface area contributed by atoms with E-state index in [2.05, 4.69) is 24.8 Å². The fourth-order valence-corrected chi connectivity index (χ4v) is 7.13. The van der Waals surface area contributed by atoms with Crippen LogP contribution in [0.1, 0.15) is 16.1 Å². The minimum absolute atomic E-state index is 0.0166. The maximum atomic E-state index is 13.4. The van der Waals surface area contributed by atoms with Crippen LogP contribution in [0.2, 0.25) is 0 Å². The topological polar surface area (TPSA) is 126 Å². The Kier molecular flexibility index (Phi) is 12.4. The summed E-state index contributed by atoms with van der Waals surface area (Å²) in [6.45, 7) is 2.09. The molecule has 2 aliphatic heterocycles. The van der Waals surface area contributed by atoms with Gasteiger partial charge in [0.1, 0.15) is 17.3 Å². The summed E-state index contributed by atoms with van der Waals surface area (Å²) < 4.78 is 30.3. The molecule has 0 saturated carbocycles. The SMILES string of the molecule is CSc1nccc(-c2c(-c3ccc(F)cc3)c(=O)n3n2CC(N(C)C)C3)n1.CSc1nccc(C(=O)N2CC(N(C)C)CN2C(=O)Cc2ccc(F)cc2)n1. The van der Waals surface area contributed by atoms with E-state index in [9.17, 15) is 23.2 Å². The van der Waals surface area contributed by atoms with Gasteiger partial charge in [-0.2, -0.15) is 0 Å². The molecule has 1 fully saturated rings. The van der Waals surface area contributed by atoms with Crippen molar-refractivity contribution >= 4 is 35.3 Å². The lowest BCUT2D eigenvalue weighted by molar-refractivity contribution is -0.139. The number of amides is 2. The molecule has 0 N–H and O–H groups in total. The quantitative estimate of drug-likeness (QED) is 0.157. The van der Waals surface area contributed by atoms with Gasteiger partial charge in [0.2, 0.25) is 5.91 Å². The van der Waals surface area contributed by atoms with E-state index in [-0.39, 0.29) is 53.2 Å². The lowest BCUT2D eigenvalue weighted by Crippen LogP contribution is -2.45. The van der Waals surface area contributed by atoms with Crippen molar-refractivity contribution < 1.29 is 18.4 Å². The standard InChI is InChI=1S/C19H22FN5O2S.C19H20FN5OS/c1-23(2)15-11-24(17(26)10-13-4-6-14(20)7-5-13)25(12-15)18(27)16-8-9-21-19(22-16)28-3;1-23(2)14-10-24-17(15-8-9-21-19(22-15)27-3)16(18(26)25(24)11-14)12-4-6-13(20)7-5-12/h4-9,15H,10-12H2,1-3H3;4-9,14H,10-11H2,1-3H3. The molecule has 288 valence electrons. The maximum Gasteiger partial charge on any atom is 0.291 e. The van der Waals surface area contributed by atoms with E-state index in [0.717, 1.165) is 5.69 Å². The number of rotatable bonds is 9. The minimum atomic E-state index is -0.352. The van der Waals surface area contributed by atoms with Gasteiger partial charge in [0.05, 0.1) is 49.6 Å². The fraction of sp³-hybridized carbons (Fsp3) is 0.342. The molecule has 17 heteroatoms. The molecule has 0 bridgehead atoms.